The summed E-state index contributed by atoms with van der Waals surface area (Å²) in [4.78, 5) is 22.2. The molecule has 10 heteroatoms. The van der Waals surface area contributed by atoms with Crippen LogP contribution in [0.4, 0.5) is 13.2 Å². The molecule has 0 unspecified atom stereocenters. The highest BCUT2D eigenvalue weighted by Gasteiger charge is 2.32. The molecule has 0 N–H and O–H groups in total. The van der Waals surface area contributed by atoms with Gasteiger partial charge in [0.1, 0.15) is 25.2 Å². The third-order valence-corrected chi connectivity index (χ3v) is 4.91. The molecule has 0 bridgehead atoms. The lowest BCUT2D eigenvalue weighted by Gasteiger charge is -2.11. The van der Waals surface area contributed by atoms with Gasteiger partial charge >= 0.3 is 12.3 Å². The van der Waals surface area contributed by atoms with E-state index in [1.54, 1.807) is 31.2 Å². The third kappa shape index (κ3) is 7.50. The van der Waals surface area contributed by atoms with Crippen molar-refractivity contribution in [1.82, 2.24) is 0 Å². The molecule has 35 heavy (non-hydrogen) atoms. The van der Waals surface area contributed by atoms with Gasteiger partial charge in [0.05, 0.1) is 7.11 Å². The van der Waals surface area contributed by atoms with E-state index in [0.29, 0.717) is 22.4 Å². The van der Waals surface area contributed by atoms with E-state index < -0.39 is 12.3 Å². The molecule has 1 aliphatic carbocycles. The summed E-state index contributed by atoms with van der Waals surface area (Å²) in [5.41, 5.74) is 2.76. The largest absolute Gasteiger partial charge is 0.573 e. The lowest BCUT2D eigenvalue weighted by Crippen LogP contribution is -2.19. The number of rotatable bonds is 8. The highest BCUT2D eigenvalue weighted by Crippen LogP contribution is 2.43. The summed E-state index contributed by atoms with van der Waals surface area (Å²) in [6, 6.07) is 11.1. The van der Waals surface area contributed by atoms with E-state index in [-0.39, 0.29) is 24.0 Å². The molecule has 3 rings (SSSR count). The summed E-state index contributed by atoms with van der Waals surface area (Å²) >= 11 is 0. The lowest BCUT2D eigenvalue weighted by molar-refractivity contribution is -0.274. The molecule has 0 aliphatic heterocycles. The molecule has 0 spiro atoms. The predicted molar refractivity (Wildman–Crippen MR) is 122 cm³/mol. The molecule has 0 radical (unpaired) electrons. The Morgan fingerprint density at radius 1 is 1.11 bits per heavy atom. The Morgan fingerprint density at radius 3 is 2.51 bits per heavy atom. The Kier molecular flexibility index (Phi) is 8.36. The van der Waals surface area contributed by atoms with Gasteiger partial charge in [0.2, 0.25) is 0 Å². The molecule has 1 saturated carbocycles. The number of hydrogen-bond donors (Lipinski definition) is 0. The first kappa shape index (κ1) is 25.6. The molecular weight excluding hydrogens is 465 g/mol. The first-order valence-corrected chi connectivity index (χ1v) is 10.6. The maximum atomic E-state index is 12.5. The van der Waals surface area contributed by atoms with Gasteiger partial charge < -0.3 is 19.1 Å². The van der Waals surface area contributed by atoms with Gasteiger partial charge in [-0.2, -0.15) is 0 Å². The number of hydrogen-bond acceptors (Lipinski definition) is 7. The number of oxime groups is 2. The average molecular weight is 488 g/mol. The van der Waals surface area contributed by atoms with Crippen molar-refractivity contribution in [2.75, 3.05) is 14.2 Å². The van der Waals surface area contributed by atoms with E-state index in [0.717, 1.165) is 18.4 Å². The molecule has 0 atom stereocenters. The van der Waals surface area contributed by atoms with E-state index in [4.69, 9.17) is 14.4 Å². The maximum Gasteiger partial charge on any atom is 0.573 e. The van der Waals surface area contributed by atoms with Crippen LogP contribution in [0.1, 0.15) is 47.9 Å². The SMILES string of the molecule is CO/N=C(/C(=O)OC)c1ccccc1CO/N=C(\C)C#Cc1ccc(OC(F)(F)F)cc1C1CC1. The molecule has 184 valence electrons. The second-order valence-electron chi connectivity index (χ2n) is 7.54. The topological polar surface area (TPSA) is 78.7 Å². The van der Waals surface area contributed by atoms with Crippen LogP contribution in [-0.4, -0.2) is 38.0 Å². The zero-order valence-corrected chi connectivity index (χ0v) is 19.3. The molecule has 0 saturated heterocycles. The molecule has 0 amide bonds. The van der Waals surface area contributed by atoms with Gasteiger partial charge in [0, 0.05) is 16.7 Å². The van der Waals surface area contributed by atoms with Crippen molar-refractivity contribution in [1.29, 1.82) is 0 Å². The van der Waals surface area contributed by atoms with Gasteiger partial charge in [0.15, 0.2) is 5.71 Å². The Balaban J connectivity index is 1.73. The molecular formula is C25H23F3N2O5. The van der Waals surface area contributed by atoms with Gasteiger partial charge in [-0.3, -0.25) is 0 Å². The Morgan fingerprint density at radius 2 is 1.86 bits per heavy atom. The van der Waals surface area contributed by atoms with Crippen molar-refractivity contribution in [2.24, 2.45) is 10.3 Å². The number of carbonyl (C=O) groups excluding carboxylic acids is 1. The monoisotopic (exact) mass is 488 g/mol. The highest BCUT2D eigenvalue weighted by molar-refractivity contribution is 6.43. The summed E-state index contributed by atoms with van der Waals surface area (Å²) in [5.74, 6) is 5.04. The summed E-state index contributed by atoms with van der Waals surface area (Å²) < 4.78 is 46.4. The minimum Gasteiger partial charge on any atom is -0.464 e. The molecule has 1 aliphatic rings. The van der Waals surface area contributed by atoms with E-state index in [2.05, 4.69) is 26.9 Å². The van der Waals surface area contributed by atoms with Crippen molar-refractivity contribution in [3.63, 3.8) is 0 Å². The molecule has 2 aromatic carbocycles. The number of benzene rings is 2. The number of carbonyl (C=O) groups is 1. The third-order valence-electron chi connectivity index (χ3n) is 4.91. The number of nitrogens with zero attached hydrogens (tertiary/aromatic N) is 2. The van der Waals surface area contributed by atoms with Crippen LogP contribution in [0.15, 0.2) is 52.8 Å². The molecule has 2 aromatic rings. The minimum atomic E-state index is -4.75. The van der Waals surface area contributed by atoms with Crippen molar-refractivity contribution < 1.29 is 37.1 Å². The fourth-order valence-corrected chi connectivity index (χ4v) is 3.22. The van der Waals surface area contributed by atoms with Gasteiger partial charge in [-0.1, -0.05) is 40.5 Å². The van der Waals surface area contributed by atoms with E-state index >= 15 is 0 Å². The van der Waals surface area contributed by atoms with Crippen LogP contribution < -0.4 is 4.74 Å². The average Bonchev–Trinajstić information content (AvgIpc) is 3.66. The number of esters is 1. The van der Waals surface area contributed by atoms with Gasteiger partial charge in [-0.25, -0.2) is 4.79 Å². The molecule has 0 heterocycles. The fraction of sp³-hybridized carbons (Fsp3) is 0.320. The molecule has 0 aromatic heterocycles. The second kappa shape index (κ2) is 11.4. The molecule has 1 fully saturated rings. The van der Waals surface area contributed by atoms with Crippen LogP contribution in [0.25, 0.3) is 0 Å². The zero-order chi connectivity index (χ0) is 25.4. The predicted octanol–water partition coefficient (Wildman–Crippen LogP) is 4.93. The summed E-state index contributed by atoms with van der Waals surface area (Å²) in [6.07, 6.45) is -2.97. The standard InChI is InChI=1S/C25H23F3N2O5/c1-16(8-9-17-12-13-20(35-25(26,27)28)14-22(17)18-10-11-18)29-34-15-19-6-4-5-7-21(19)23(30-33-3)24(31)32-2/h4-7,12-14,18H,10-11,15H2,1-3H3/b29-16+,30-23+. The quantitative estimate of drug-likeness (QED) is 0.228. The van der Waals surface area contributed by atoms with E-state index in [1.807, 2.05) is 0 Å². The van der Waals surface area contributed by atoms with Crippen LogP contribution >= 0.6 is 0 Å². The van der Waals surface area contributed by atoms with Crippen LogP contribution in [0.2, 0.25) is 0 Å². The van der Waals surface area contributed by atoms with Crippen molar-refractivity contribution in [3.05, 3.63) is 64.7 Å². The van der Waals surface area contributed by atoms with Crippen LogP contribution in [0.5, 0.6) is 5.75 Å². The molecule has 7 nitrogen and oxygen atoms in total. The maximum absolute atomic E-state index is 12.5. The summed E-state index contributed by atoms with van der Waals surface area (Å²) in [7, 11) is 2.56. The number of halogens is 3. The van der Waals surface area contributed by atoms with Gasteiger partial charge in [-0.05, 0) is 55.4 Å². The summed E-state index contributed by atoms with van der Waals surface area (Å²) in [6.45, 7) is 1.66. The first-order chi connectivity index (χ1) is 16.7. The normalized spacial score (nSPS) is 14.0. The van der Waals surface area contributed by atoms with Crippen molar-refractivity contribution >= 4 is 17.4 Å². The second-order valence-corrected chi connectivity index (χ2v) is 7.54. The van der Waals surface area contributed by atoms with Gasteiger partial charge in [-0.15, -0.1) is 13.2 Å². The zero-order valence-electron chi connectivity index (χ0n) is 19.3. The lowest BCUT2D eigenvalue weighted by atomic mass is 10.0. The van der Waals surface area contributed by atoms with Crippen LogP contribution in [0.3, 0.4) is 0 Å². The summed E-state index contributed by atoms with van der Waals surface area (Å²) in [5, 5.41) is 7.73. The number of alkyl halides is 3. The number of methoxy groups -OCH3 is 1. The Bertz CT molecular complexity index is 1190. The van der Waals surface area contributed by atoms with Gasteiger partial charge in [0.25, 0.3) is 0 Å². The first-order valence-electron chi connectivity index (χ1n) is 10.6. The van der Waals surface area contributed by atoms with E-state index in [9.17, 15) is 18.0 Å². The fourth-order valence-electron chi connectivity index (χ4n) is 3.22. The van der Waals surface area contributed by atoms with E-state index in [1.165, 1.54) is 32.4 Å². The Labute approximate surface area is 200 Å². The van der Waals surface area contributed by atoms with Crippen LogP contribution in [-0.2, 0) is 25.8 Å². The number of ether oxygens (including phenoxy) is 2. The highest BCUT2D eigenvalue weighted by atomic mass is 19.4. The smallest absolute Gasteiger partial charge is 0.464 e. The van der Waals surface area contributed by atoms with Crippen molar-refractivity contribution in [2.45, 2.75) is 38.7 Å². The Hall–Kier alpha value is -4.00. The van der Waals surface area contributed by atoms with Crippen LogP contribution in [0, 0.1) is 11.8 Å². The van der Waals surface area contributed by atoms with Crippen molar-refractivity contribution in [3.8, 4) is 17.6 Å². The minimum absolute atomic E-state index is 0.0137.